The molecule has 0 aliphatic carbocycles. The topological polar surface area (TPSA) is 137 Å². The number of nitrogens with two attached hydrogens (primary N) is 1. The molecule has 0 aliphatic heterocycles. The first-order valence-electron chi connectivity index (χ1n) is 5.87. The van der Waals surface area contributed by atoms with E-state index in [9.17, 15) is 14.9 Å². The molecule has 20 heavy (non-hydrogen) atoms. The minimum atomic E-state index is -0.628. The summed E-state index contributed by atoms with van der Waals surface area (Å²) in [5.41, 5.74) is 5.71. The van der Waals surface area contributed by atoms with Gasteiger partial charge in [0, 0.05) is 6.07 Å². The largest absolute Gasteiger partial charge is 0.372 e. The summed E-state index contributed by atoms with van der Waals surface area (Å²) in [6.45, 7) is 3.65. The second kappa shape index (κ2) is 5.11. The van der Waals surface area contributed by atoms with E-state index in [-0.39, 0.29) is 22.6 Å². The molecule has 0 saturated heterocycles. The second-order valence-electron chi connectivity index (χ2n) is 4.62. The number of hydrogen-bond donors (Lipinski definition) is 2. The molecule has 0 saturated carbocycles. The van der Waals surface area contributed by atoms with E-state index >= 15 is 0 Å². The fraction of sp³-hybridized carbons (Fsp3) is 0.364. The lowest BCUT2D eigenvalue weighted by molar-refractivity contribution is -0.383. The number of carbonyl (C=O) groups excluding carboxylic acids is 1. The number of aromatic nitrogens is 2. The van der Waals surface area contributed by atoms with Crippen molar-refractivity contribution >= 4 is 28.3 Å². The first-order valence-corrected chi connectivity index (χ1v) is 5.87. The van der Waals surface area contributed by atoms with Crippen molar-refractivity contribution in [1.29, 1.82) is 0 Å². The van der Waals surface area contributed by atoms with Gasteiger partial charge in [-0.05, 0) is 22.3 Å². The van der Waals surface area contributed by atoms with E-state index < -0.39 is 16.9 Å². The molecule has 106 valence electrons. The predicted octanol–water partition coefficient (Wildman–Crippen LogP) is 1.05. The van der Waals surface area contributed by atoms with Gasteiger partial charge in [-0.15, -0.1) is 0 Å². The number of hydrogen-bond acceptors (Lipinski definition) is 7. The molecule has 2 aromatic rings. The summed E-state index contributed by atoms with van der Waals surface area (Å²) >= 11 is 0. The highest BCUT2D eigenvalue weighted by molar-refractivity contribution is 5.95. The maximum Gasteiger partial charge on any atom is 0.300 e. The van der Waals surface area contributed by atoms with Gasteiger partial charge in [-0.1, -0.05) is 13.8 Å². The molecule has 1 amide bonds. The SMILES string of the molecule is CC(C)C(Nc1ccc([N+](=O)[O-])c2nonc12)C(N)=O. The number of amides is 1. The van der Waals surface area contributed by atoms with Crippen molar-refractivity contribution in [3.05, 3.63) is 22.2 Å². The van der Waals surface area contributed by atoms with E-state index in [4.69, 9.17) is 5.73 Å². The monoisotopic (exact) mass is 279 g/mol. The van der Waals surface area contributed by atoms with Crippen LogP contribution in [0.4, 0.5) is 11.4 Å². The van der Waals surface area contributed by atoms with Gasteiger partial charge in [0.2, 0.25) is 11.4 Å². The molecule has 1 atom stereocenters. The van der Waals surface area contributed by atoms with Crippen molar-refractivity contribution in [1.82, 2.24) is 10.3 Å². The van der Waals surface area contributed by atoms with Gasteiger partial charge in [-0.3, -0.25) is 14.9 Å². The van der Waals surface area contributed by atoms with Crippen LogP contribution in [0.1, 0.15) is 13.8 Å². The maximum atomic E-state index is 11.4. The van der Waals surface area contributed by atoms with Gasteiger partial charge >= 0.3 is 5.69 Å². The highest BCUT2D eigenvalue weighted by Crippen LogP contribution is 2.29. The fourth-order valence-corrected chi connectivity index (χ4v) is 1.85. The number of carbonyl (C=O) groups is 1. The third-order valence-corrected chi connectivity index (χ3v) is 2.88. The highest BCUT2D eigenvalue weighted by Gasteiger charge is 2.24. The van der Waals surface area contributed by atoms with Crippen molar-refractivity contribution in [2.24, 2.45) is 11.7 Å². The zero-order chi connectivity index (χ0) is 14.9. The third kappa shape index (κ3) is 2.37. The Bertz CT molecular complexity index is 666. The van der Waals surface area contributed by atoms with Gasteiger partial charge in [0.05, 0.1) is 10.6 Å². The molecule has 0 spiro atoms. The molecule has 1 aromatic heterocycles. The summed E-state index contributed by atoms with van der Waals surface area (Å²) in [4.78, 5) is 21.7. The van der Waals surface area contributed by atoms with E-state index in [0.717, 1.165) is 0 Å². The van der Waals surface area contributed by atoms with Gasteiger partial charge in [0.15, 0.2) is 5.52 Å². The van der Waals surface area contributed by atoms with E-state index in [1.807, 2.05) is 13.8 Å². The highest BCUT2D eigenvalue weighted by atomic mass is 16.6. The lowest BCUT2D eigenvalue weighted by Crippen LogP contribution is -2.39. The van der Waals surface area contributed by atoms with Crippen LogP contribution >= 0.6 is 0 Å². The van der Waals surface area contributed by atoms with E-state index in [1.54, 1.807) is 0 Å². The summed E-state index contributed by atoms with van der Waals surface area (Å²) in [5.74, 6) is -0.583. The minimum Gasteiger partial charge on any atom is -0.372 e. The number of nitro benzene ring substituents is 1. The third-order valence-electron chi connectivity index (χ3n) is 2.88. The number of nitro groups is 1. The fourth-order valence-electron chi connectivity index (χ4n) is 1.85. The zero-order valence-electron chi connectivity index (χ0n) is 10.9. The predicted molar refractivity (Wildman–Crippen MR) is 69.9 cm³/mol. The summed E-state index contributed by atoms with van der Waals surface area (Å²) in [6, 6.07) is 2.09. The van der Waals surface area contributed by atoms with Crippen LogP contribution < -0.4 is 11.1 Å². The van der Waals surface area contributed by atoms with Crippen LogP contribution in [0.3, 0.4) is 0 Å². The normalized spacial score (nSPS) is 12.6. The molecule has 0 bridgehead atoms. The lowest BCUT2D eigenvalue weighted by atomic mass is 10.0. The number of anilines is 1. The van der Waals surface area contributed by atoms with Crippen molar-refractivity contribution in [2.45, 2.75) is 19.9 Å². The molecular weight excluding hydrogens is 266 g/mol. The number of primary amides is 1. The Balaban J connectivity index is 2.46. The van der Waals surface area contributed by atoms with Crippen LogP contribution in [0, 0.1) is 16.0 Å². The number of benzene rings is 1. The smallest absolute Gasteiger partial charge is 0.300 e. The van der Waals surface area contributed by atoms with Crippen molar-refractivity contribution in [3.63, 3.8) is 0 Å². The Labute approximate surface area is 113 Å². The number of nitrogens with one attached hydrogen (secondary N) is 1. The lowest BCUT2D eigenvalue weighted by Gasteiger charge is -2.19. The molecule has 0 fully saturated rings. The number of nitrogens with zero attached hydrogens (tertiary/aromatic N) is 3. The minimum absolute atomic E-state index is 0.0203. The van der Waals surface area contributed by atoms with Gasteiger partial charge in [0.1, 0.15) is 6.04 Å². The van der Waals surface area contributed by atoms with Gasteiger partial charge in [-0.25, -0.2) is 4.63 Å². The molecule has 1 aromatic carbocycles. The molecule has 2 rings (SSSR count). The Morgan fingerprint density at radius 2 is 2.05 bits per heavy atom. The van der Waals surface area contributed by atoms with Crippen molar-refractivity contribution in [3.8, 4) is 0 Å². The maximum absolute atomic E-state index is 11.4. The van der Waals surface area contributed by atoms with Crippen LogP contribution in [0.25, 0.3) is 11.0 Å². The first-order chi connectivity index (χ1) is 9.41. The molecule has 3 N–H and O–H groups in total. The second-order valence-corrected chi connectivity index (χ2v) is 4.62. The number of fused-ring (bicyclic) bond motifs is 1. The summed E-state index contributed by atoms with van der Waals surface area (Å²) < 4.78 is 4.54. The molecule has 9 nitrogen and oxygen atoms in total. The summed E-state index contributed by atoms with van der Waals surface area (Å²) in [6.07, 6.45) is 0. The van der Waals surface area contributed by atoms with Crippen molar-refractivity contribution in [2.75, 3.05) is 5.32 Å². The Hall–Kier alpha value is -2.71. The summed E-state index contributed by atoms with van der Waals surface area (Å²) in [7, 11) is 0. The molecule has 1 heterocycles. The Kier molecular flexibility index (Phi) is 3.51. The number of rotatable bonds is 5. The van der Waals surface area contributed by atoms with Gasteiger partial charge < -0.3 is 11.1 Å². The Morgan fingerprint density at radius 1 is 1.40 bits per heavy atom. The van der Waals surface area contributed by atoms with Gasteiger partial charge in [0.25, 0.3) is 0 Å². The van der Waals surface area contributed by atoms with Gasteiger partial charge in [-0.2, -0.15) is 0 Å². The zero-order valence-corrected chi connectivity index (χ0v) is 10.9. The average Bonchev–Trinajstić information content (AvgIpc) is 2.83. The summed E-state index contributed by atoms with van der Waals surface area (Å²) in [5, 5.41) is 20.9. The molecule has 9 heteroatoms. The quantitative estimate of drug-likeness (QED) is 0.616. The van der Waals surface area contributed by atoms with E-state index in [1.165, 1.54) is 12.1 Å². The molecule has 0 aliphatic rings. The average molecular weight is 279 g/mol. The van der Waals surface area contributed by atoms with Crippen LogP contribution in [0.2, 0.25) is 0 Å². The van der Waals surface area contributed by atoms with E-state index in [0.29, 0.717) is 5.69 Å². The standard InChI is InChI=1S/C11H13N5O4/c1-5(2)8(11(12)17)13-6-3-4-7(16(18)19)10-9(6)14-20-15-10/h3-5,8,13H,1-2H3,(H2,12,17). The molecule has 0 radical (unpaired) electrons. The van der Waals surface area contributed by atoms with E-state index in [2.05, 4.69) is 20.3 Å². The van der Waals surface area contributed by atoms with Crippen LogP contribution in [0.15, 0.2) is 16.8 Å². The molecular formula is C11H13N5O4. The number of non-ortho nitro benzene ring substituents is 1. The van der Waals surface area contributed by atoms with Crippen LogP contribution in [-0.2, 0) is 4.79 Å². The van der Waals surface area contributed by atoms with Crippen LogP contribution in [0.5, 0.6) is 0 Å². The van der Waals surface area contributed by atoms with Crippen molar-refractivity contribution < 1.29 is 14.3 Å². The first kappa shape index (κ1) is 13.7. The Morgan fingerprint density at radius 3 is 2.60 bits per heavy atom. The van der Waals surface area contributed by atoms with Crippen LogP contribution in [-0.4, -0.2) is 27.2 Å². The molecule has 1 unspecified atom stereocenters.